The molecular weight excluding hydrogens is 375 g/mol. The van der Waals surface area contributed by atoms with Crippen molar-refractivity contribution in [2.75, 3.05) is 7.11 Å². The van der Waals surface area contributed by atoms with Gasteiger partial charge in [0.2, 0.25) is 0 Å². The number of nitriles is 1. The third-order valence-electron chi connectivity index (χ3n) is 4.09. The standard InChI is InChI=1S/C18H10Cl2N4O2/c1-26-10-3-5-15-12(7-10)18(25)24-17(22-15)13(8-21)16(23-24)11-4-2-9(19)6-14(11)20/h2-7,22H,1H3. The SMILES string of the molecule is COc1ccc2[nH]c3c(C#N)c(-c4ccc(Cl)cc4Cl)nn3c(=O)c2c1. The lowest BCUT2D eigenvalue weighted by Gasteiger charge is -2.03. The second kappa shape index (κ2) is 6.06. The number of aromatic nitrogens is 3. The molecule has 0 aliphatic carbocycles. The first-order valence-corrected chi connectivity index (χ1v) is 8.27. The maximum Gasteiger partial charge on any atom is 0.282 e. The first kappa shape index (κ1) is 16.5. The number of methoxy groups -OCH3 is 1. The van der Waals surface area contributed by atoms with Gasteiger partial charge in [0.05, 0.1) is 23.0 Å². The molecule has 6 nitrogen and oxygen atoms in total. The fraction of sp³-hybridized carbons (Fsp3) is 0.0556. The summed E-state index contributed by atoms with van der Waals surface area (Å²) in [5.41, 5.74) is 1.57. The quantitative estimate of drug-likeness (QED) is 0.565. The van der Waals surface area contributed by atoms with Gasteiger partial charge in [-0.1, -0.05) is 23.2 Å². The van der Waals surface area contributed by atoms with Crippen LogP contribution < -0.4 is 10.3 Å². The van der Waals surface area contributed by atoms with Crippen LogP contribution in [0.2, 0.25) is 10.0 Å². The average molecular weight is 385 g/mol. The van der Waals surface area contributed by atoms with Gasteiger partial charge in [-0.05, 0) is 36.4 Å². The lowest BCUT2D eigenvalue weighted by molar-refractivity contribution is 0.415. The summed E-state index contributed by atoms with van der Waals surface area (Å²) in [7, 11) is 1.52. The van der Waals surface area contributed by atoms with Crippen molar-refractivity contribution in [1.29, 1.82) is 5.26 Å². The first-order chi connectivity index (χ1) is 12.5. The van der Waals surface area contributed by atoms with Crippen LogP contribution in [0.15, 0.2) is 41.2 Å². The van der Waals surface area contributed by atoms with Crippen LogP contribution in [-0.4, -0.2) is 21.7 Å². The van der Waals surface area contributed by atoms with E-state index in [0.29, 0.717) is 43.6 Å². The number of aromatic amines is 1. The molecule has 0 saturated heterocycles. The molecule has 26 heavy (non-hydrogen) atoms. The summed E-state index contributed by atoms with van der Waals surface area (Å²) in [5, 5.41) is 15.2. The van der Waals surface area contributed by atoms with Crippen LogP contribution in [0.4, 0.5) is 0 Å². The Bertz CT molecular complexity index is 1280. The van der Waals surface area contributed by atoms with Crippen LogP contribution in [0, 0.1) is 11.3 Å². The topological polar surface area (TPSA) is 83.2 Å². The highest BCUT2D eigenvalue weighted by atomic mass is 35.5. The molecule has 0 radical (unpaired) electrons. The Morgan fingerprint density at radius 2 is 2.04 bits per heavy atom. The number of hydrogen-bond acceptors (Lipinski definition) is 4. The normalized spacial score (nSPS) is 11.0. The second-order valence-corrected chi connectivity index (χ2v) is 6.41. The molecule has 2 aromatic heterocycles. The average Bonchev–Trinajstić information content (AvgIpc) is 3.00. The van der Waals surface area contributed by atoms with Gasteiger partial charge in [-0.15, -0.1) is 0 Å². The third-order valence-corrected chi connectivity index (χ3v) is 4.63. The number of benzene rings is 2. The lowest BCUT2D eigenvalue weighted by Crippen LogP contribution is -2.15. The summed E-state index contributed by atoms with van der Waals surface area (Å²) in [4.78, 5) is 16.0. The first-order valence-electron chi connectivity index (χ1n) is 7.51. The molecule has 2 heterocycles. The van der Waals surface area contributed by atoms with Gasteiger partial charge in [0.15, 0.2) is 5.65 Å². The van der Waals surface area contributed by atoms with Crippen molar-refractivity contribution < 1.29 is 4.74 Å². The van der Waals surface area contributed by atoms with Gasteiger partial charge in [0, 0.05) is 10.6 Å². The molecule has 0 aliphatic heterocycles. The summed E-state index contributed by atoms with van der Waals surface area (Å²) in [5.74, 6) is 0.552. The van der Waals surface area contributed by atoms with Gasteiger partial charge >= 0.3 is 0 Å². The van der Waals surface area contributed by atoms with E-state index in [1.807, 2.05) is 0 Å². The van der Waals surface area contributed by atoms with Gasteiger partial charge in [-0.25, -0.2) is 0 Å². The molecule has 1 N–H and O–H groups in total. The van der Waals surface area contributed by atoms with Crippen LogP contribution in [0.25, 0.3) is 27.8 Å². The Balaban J connectivity index is 2.10. The van der Waals surface area contributed by atoms with Gasteiger partial charge in [-0.3, -0.25) is 4.79 Å². The number of halogens is 2. The smallest absolute Gasteiger partial charge is 0.282 e. The molecule has 0 atom stereocenters. The molecule has 0 aliphatic rings. The van der Waals surface area contributed by atoms with Crippen LogP contribution in [0.3, 0.4) is 0 Å². The number of rotatable bonds is 2. The third kappa shape index (κ3) is 2.41. The Morgan fingerprint density at radius 3 is 2.73 bits per heavy atom. The lowest BCUT2D eigenvalue weighted by atomic mass is 10.1. The van der Waals surface area contributed by atoms with Crippen LogP contribution in [-0.2, 0) is 0 Å². The Hall–Kier alpha value is -3.01. The molecule has 0 amide bonds. The molecule has 4 aromatic rings. The largest absolute Gasteiger partial charge is 0.497 e. The fourth-order valence-electron chi connectivity index (χ4n) is 2.83. The highest BCUT2D eigenvalue weighted by Gasteiger charge is 2.20. The van der Waals surface area contributed by atoms with E-state index in [1.54, 1.807) is 36.4 Å². The van der Waals surface area contributed by atoms with Crippen molar-refractivity contribution in [3.8, 4) is 23.1 Å². The van der Waals surface area contributed by atoms with Crippen molar-refractivity contribution in [3.05, 3.63) is 62.4 Å². The highest BCUT2D eigenvalue weighted by molar-refractivity contribution is 6.36. The molecule has 0 spiro atoms. The van der Waals surface area contributed by atoms with E-state index in [-0.39, 0.29) is 11.1 Å². The second-order valence-electron chi connectivity index (χ2n) is 5.56. The predicted molar refractivity (Wildman–Crippen MR) is 100 cm³/mol. The van der Waals surface area contributed by atoms with Gasteiger partial charge in [0.25, 0.3) is 5.56 Å². The zero-order valence-electron chi connectivity index (χ0n) is 13.4. The predicted octanol–water partition coefficient (Wildman–Crippen LogP) is 4.03. The molecule has 0 unspecified atom stereocenters. The molecule has 0 bridgehead atoms. The van der Waals surface area contributed by atoms with Gasteiger partial charge < -0.3 is 9.72 Å². The summed E-state index contributed by atoms with van der Waals surface area (Å²) >= 11 is 12.2. The number of nitrogens with zero attached hydrogens (tertiary/aromatic N) is 3. The maximum absolute atomic E-state index is 12.9. The highest BCUT2D eigenvalue weighted by Crippen LogP contribution is 2.32. The molecule has 4 rings (SSSR count). The van der Waals surface area contributed by atoms with E-state index >= 15 is 0 Å². The number of H-pyrrole nitrogens is 1. The monoisotopic (exact) mass is 384 g/mol. The maximum atomic E-state index is 12.9. The van der Waals surface area contributed by atoms with E-state index in [9.17, 15) is 10.1 Å². The van der Waals surface area contributed by atoms with Crippen LogP contribution in [0.5, 0.6) is 5.75 Å². The van der Waals surface area contributed by atoms with Crippen LogP contribution >= 0.6 is 23.2 Å². The van der Waals surface area contributed by atoms with Crippen molar-refractivity contribution in [2.24, 2.45) is 0 Å². The Labute approximate surface area is 157 Å². The minimum atomic E-state index is -0.361. The van der Waals surface area contributed by atoms with E-state index in [4.69, 9.17) is 27.9 Å². The minimum absolute atomic E-state index is 0.226. The van der Waals surface area contributed by atoms with Crippen molar-refractivity contribution in [2.45, 2.75) is 0 Å². The summed E-state index contributed by atoms with van der Waals surface area (Å²) in [6.07, 6.45) is 0. The van der Waals surface area contributed by atoms with Gasteiger partial charge in [-0.2, -0.15) is 14.9 Å². The molecule has 0 saturated carbocycles. The number of hydrogen-bond donors (Lipinski definition) is 1. The van der Waals surface area contributed by atoms with Crippen molar-refractivity contribution in [3.63, 3.8) is 0 Å². The zero-order chi connectivity index (χ0) is 18.4. The Kier molecular flexibility index (Phi) is 3.83. The summed E-state index contributed by atoms with van der Waals surface area (Å²) < 4.78 is 6.34. The number of fused-ring (bicyclic) bond motifs is 2. The fourth-order valence-corrected chi connectivity index (χ4v) is 3.33. The van der Waals surface area contributed by atoms with Crippen molar-refractivity contribution in [1.82, 2.24) is 14.6 Å². The van der Waals surface area contributed by atoms with Gasteiger partial charge in [0.1, 0.15) is 23.1 Å². The molecular formula is C18H10Cl2N4O2. The van der Waals surface area contributed by atoms with E-state index < -0.39 is 0 Å². The van der Waals surface area contributed by atoms with Crippen LogP contribution in [0.1, 0.15) is 5.56 Å². The van der Waals surface area contributed by atoms with Crippen molar-refractivity contribution >= 4 is 39.8 Å². The summed E-state index contributed by atoms with van der Waals surface area (Å²) in [6, 6.07) is 12.1. The molecule has 2 aromatic carbocycles. The molecule has 0 fully saturated rings. The Morgan fingerprint density at radius 1 is 1.23 bits per heavy atom. The number of ether oxygens (including phenoxy) is 1. The van der Waals surface area contributed by atoms with E-state index in [2.05, 4.69) is 16.2 Å². The number of nitrogens with one attached hydrogen (secondary N) is 1. The molecule has 8 heteroatoms. The minimum Gasteiger partial charge on any atom is -0.497 e. The molecule has 128 valence electrons. The zero-order valence-corrected chi connectivity index (χ0v) is 14.9. The van der Waals surface area contributed by atoms with E-state index in [0.717, 1.165) is 0 Å². The van der Waals surface area contributed by atoms with E-state index in [1.165, 1.54) is 11.6 Å². The summed E-state index contributed by atoms with van der Waals surface area (Å²) in [6.45, 7) is 0.